The second-order valence-electron chi connectivity index (χ2n) is 5.55. The number of benzene rings is 1. The van der Waals surface area contributed by atoms with E-state index in [0.717, 1.165) is 4.88 Å². The number of anilines is 1. The number of nitrogens with zero attached hydrogens (tertiary/aromatic N) is 2. The maximum atomic E-state index is 12.8. The molecule has 0 unspecified atom stereocenters. The minimum Gasteiger partial charge on any atom is -0.484 e. The summed E-state index contributed by atoms with van der Waals surface area (Å²) in [6.45, 7) is 0.561. The van der Waals surface area contributed by atoms with Crippen molar-refractivity contribution in [2.75, 3.05) is 18.3 Å². The van der Waals surface area contributed by atoms with Crippen LogP contribution in [0.4, 0.5) is 5.82 Å². The average molecular weight is 368 g/mol. The molecule has 0 atom stereocenters. The molecule has 1 aliphatic rings. The number of pyridine rings is 1. The molecular weight excluding hydrogens is 352 g/mol. The second-order valence-corrected chi connectivity index (χ2v) is 6.58. The molecule has 6 nitrogen and oxygen atoms in total. The zero-order valence-corrected chi connectivity index (χ0v) is 14.6. The van der Waals surface area contributed by atoms with Crippen LogP contribution in [0.5, 0.6) is 17.2 Å². The van der Waals surface area contributed by atoms with E-state index in [2.05, 4.69) is 4.98 Å². The molecule has 4 rings (SSSR count). The van der Waals surface area contributed by atoms with Crippen LogP contribution in [0.1, 0.15) is 4.88 Å². The summed E-state index contributed by atoms with van der Waals surface area (Å²) in [5.41, 5.74) is 0. The molecule has 1 amide bonds. The van der Waals surface area contributed by atoms with Crippen molar-refractivity contribution in [1.29, 1.82) is 0 Å². The third-order valence-electron chi connectivity index (χ3n) is 3.83. The Bertz CT molecular complexity index is 884. The lowest BCUT2D eigenvalue weighted by Crippen LogP contribution is -2.34. The van der Waals surface area contributed by atoms with E-state index in [9.17, 15) is 4.79 Å². The van der Waals surface area contributed by atoms with E-state index in [-0.39, 0.29) is 19.3 Å². The Labute approximate surface area is 154 Å². The number of carbonyl (C=O) groups excluding carboxylic acids is 1. The molecule has 0 fully saturated rings. The number of hydrogen-bond donors (Lipinski definition) is 0. The molecule has 132 valence electrons. The van der Waals surface area contributed by atoms with Gasteiger partial charge in [0.15, 0.2) is 18.1 Å². The Kier molecular flexibility index (Phi) is 4.70. The van der Waals surface area contributed by atoms with E-state index < -0.39 is 0 Å². The fraction of sp³-hybridized carbons (Fsp3) is 0.158. The van der Waals surface area contributed by atoms with Crippen molar-refractivity contribution < 1.29 is 19.0 Å². The minimum atomic E-state index is -0.172. The zero-order chi connectivity index (χ0) is 17.8. The first-order valence-electron chi connectivity index (χ1n) is 8.06. The summed E-state index contributed by atoms with van der Waals surface area (Å²) in [5.74, 6) is 2.28. The highest BCUT2D eigenvalue weighted by molar-refractivity contribution is 7.09. The van der Waals surface area contributed by atoms with Gasteiger partial charge in [-0.1, -0.05) is 12.1 Å². The standard InChI is InChI=1S/C19H16N2O4S/c22-19(12-23-14-6-7-16-17(10-14)25-13-24-16)21(11-15-4-3-9-26-15)18-5-1-2-8-20-18/h1-10H,11-13H2. The molecule has 0 radical (unpaired) electrons. The van der Waals surface area contributed by atoms with Crippen molar-refractivity contribution in [3.63, 3.8) is 0 Å². The molecule has 7 heteroatoms. The molecule has 3 aromatic rings. The summed E-state index contributed by atoms with van der Waals surface area (Å²) < 4.78 is 16.3. The van der Waals surface area contributed by atoms with Gasteiger partial charge in [-0.05, 0) is 35.7 Å². The first-order chi connectivity index (χ1) is 12.8. The Morgan fingerprint density at radius 2 is 2.08 bits per heavy atom. The van der Waals surface area contributed by atoms with Crippen molar-refractivity contribution in [1.82, 2.24) is 4.98 Å². The van der Waals surface area contributed by atoms with Crippen LogP contribution in [0.3, 0.4) is 0 Å². The Morgan fingerprint density at radius 3 is 2.88 bits per heavy atom. The topological polar surface area (TPSA) is 60.9 Å². The Balaban J connectivity index is 1.47. The van der Waals surface area contributed by atoms with Gasteiger partial charge in [0.05, 0.1) is 6.54 Å². The number of fused-ring (bicyclic) bond motifs is 1. The number of thiophene rings is 1. The van der Waals surface area contributed by atoms with E-state index in [0.29, 0.717) is 29.6 Å². The molecule has 26 heavy (non-hydrogen) atoms. The molecule has 1 aliphatic heterocycles. The predicted octanol–water partition coefficient (Wildman–Crippen LogP) is 3.48. The smallest absolute Gasteiger partial charge is 0.266 e. The van der Waals surface area contributed by atoms with Gasteiger partial charge in [0.1, 0.15) is 11.6 Å². The van der Waals surface area contributed by atoms with Crippen LogP contribution in [0.2, 0.25) is 0 Å². The van der Waals surface area contributed by atoms with Crippen LogP contribution in [0.15, 0.2) is 60.1 Å². The van der Waals surface area contributed by atoms with Crippen molar-refractivity contribution >= 4 is 23.1 Å². The lowest BCUT2D eigenvalue weighted by atomic mass is 10.3. The Morgan fingerprint density at radius 1 is 1.15 bits per heavy atom. The van der Waals surface area contributed by atoms with Gasteiger partial charge in [-0.3, -0.25) is 9.69 Å². The van der Waals surface area contributed by atoms with Gasteiger partial charge < -0.3 is 14.2 Å². The summed E-state index contributed by atoms with van der Waals surface area (Å²) in [4.78, 5) is 19.8. The van der Waals surface area contributed by atoms with Gasteiger partial charge in [0, 0.05) is 17.1 Å². The largest absolute Gasteiger partial charge is 0.484 e. The number of hydrogen-bond acceptors (Lipinski definition) is 6. The SMILES string of the molecule is O=C(COc1ccc2c(c1)OCO2)N(Cc1cccs1)c1ccccn1. The zero-order valence-electron chi connectivity index (χ0n) is 13.8. The third-order valence-corrected chi connectivity index (χ3v) is 4.69. The molecule has 1 aromatic carbocycles. The number of ether oxygens (including phenoxy) is 3. The maximum Gasteiger partial charge on any atom is 0.266 e. The van der Waals surface area contributed by atoms with E-state index in [4.69, 9.17) is 14.2 Å². The third kappa shape index (κ3) is 3.62. The van der Waals surface area contributed by atoms with E-state index in [1.54, 1.807) is 40.6 Å². The lowest BCUT2D eigenvalue weighted by molar-refractivity contribution is -0.120. The van der Waals surface area contributed by atoms with Crippen molar-refractivity contribution in [3.05, 3.63) is 65.0 Å². The average Bonchev–Trinajstić information content (AvgIpc) is 3.36. The predicted molar refractivity (Wildman–Crippen MR) is 97.8 cm³/mol. The first kappa shape index (κ1) is 16.4. The molecular formula is C19H16N2O4S. The van der Waals surface area contributed by atoms with Gasteiger partial charge >= 0.3 is 0 Å². The fourth-order valence-electron chi connectivity index (χ4n) is 2.56. The second kappa shape index (κ2) is 7.45. The molecule has 3 heterocycles. The number of rotatable bonds is 6. The molecule has 2 aromatic heterocycles. The molecule has 0 bridgehead atoms. The van der Waals surface area contributed by atoms with Crippen LogP contribution >= 0.6 is 11.3 Å². The lowest BCUT2D eigenvalue weighted by Gasteiger charge is -2.21. The highest BCUT2D eigenvalue weighted by atomic mass is 32.1. The quantitative estimate of drug-likeness (QED) is 0.667. The number of aromatic nitrogens is 1. The first-order valence-corrected chi connectivity index (χ1v) is 8.94. The van der Waals surface area contributed by atoms with Crippen LogP contribution < -0.4 is 19.1 Å². The summed E-state index contributed by atoms with van der Waals surface area (Å²) in [6, 6.07) is 14.7. The van der Waals surface area contributed by atoms with Crippen molar-refractivity contribution in [2.24, 2.45) is 0 Å². The summed E-state index contributed by atoms with van der Waals surface area (Å²) in [7, 11) is 0. The highest BCUT2D eigenvalue weighted by Gasteiger charge is 2.19. The number of carbonyl (C=O) groups is 1. The normalized spacial score (nSPS) is 12.0. The molecule has 0 N–H and O–H groups in total. The van der Waals surface area contributed by atoms with Crippen LogP contribution in [-0.4, -0.2) is 24.3 Å². The summed E-state index contributed by atoms with van der Waals surface area (Å²) in [5, 5.41) is 1.99. The van der Waals surface area contributed by atoms with E-state index in [1.807, 2.05) is 35.7 Å². The van der Waals surface area contributed by atoms with E-state index >= 15 is 0 Å². The van der Waals surface area contributed by atoms with Gasteiger partial charge in [-0.25, -0.2) is 4.98 Å². The molecule has 0 spiro atoms. The van der Waals surface area contributed by atoms with Crippen molar-refractivity contribution in [3.8, 4) is 17.2 Å². The van der Waals surface area contributed by atoms with Gasteiger partial charge in [0.2, 0.25) is 6.79 Å². The Hall–Kier alpha value is -3.06. The summed E-state index contributed by atoms with van der Waals surface area (Å²) >= 11 is 1.60. The maximum absolute atomic E-state index is 12.8. The van der Waals surface area contributed by atoms with Gasteiger partial charge in [-0.2, -0.15) is 0 Å². The number of amides is 1. The van der Waals surface area contributed by atoms with Crippen LogP contribution in [0.25, 0.3) is 0 Å². The molecule has 0 saturated heterocycles. The summed E-state index contributed by atoms with van der Waals surface area (Å²) in [6.07, 6.45) is 1.67. The van der Waals surface area contributed by atoms with Crippen LogP contribution in [-0.2, 0) is 11.3 Å². The van der Waals surface area contributed by atoms with Gasteiger partial charge in [-0.15, -0.1) is 11.3 Å². The van der Waals surface area contributed by atoms with E-state index in [1.165, 1.54) is 0 Å². The molecule has 0 saturated carbocycles. The van der Waals surface area contributed by atoms with Crippen molar-refractivity contribution in [2.45, 2.75) is 6.54 Å². The fourth-order valence-corrected chi connectivity index (χ4v) is 3.25. The monoisotopic (exact) mass is 368 g/mol. The van der Waals surface area contributed by atoms with Crippen LogP contribution in [0, 0.1) is 0 Å². The highest BCUT2D eigenvalue weighted by Crippen LogP contribution is 2.35. The minimum absolute atomic E-state index is 0.0956. The van der Waals surface area contributed by atoms with Gasteiger partial charge in [0.25, 0.3) is 5.91 Å². The molecule has 0 aliphatic carbocycles.